The van der Waals surface area contributed by atoms with Crippen molar-refractivity contribution in [2.75, 3.05) is 6.61 Å². The first-order chi connectivity index (χ1) is 12.7. The van der Waals surface area contributed by atoms with Gasteiger partial charge in [0, 0.05) is 18.3 Å². The maximum atomic E-state index is 5.89. The number of hydrogen-bond donors (Lipinski definition) is 1. The molecule has 0 aliphatic heterocycles. The summed E-state index contributed by atoms with van der Waals surface area (Å²) in [5.41, 5.74) is 2.06. The van der Waals surface area contributed by atoms with Crippen LogP contribution in [0.15, 0.2) is 59.3 Å². The summed E-state index contributed by atoms with van der Waals surface area (Å²) in [4.78, 5) is 4.06. The topological polar surface area (TPSA) is 56.5 Å². The first-order valence-corrected chi connectivity index (χ1v) is 8.84. The van der Waals surface area contributed by atoms with Gasteiger partial charge in [0.2, 0.25) is 0 Å². The second-order valence-electron chi connectivity index (χ2n) is 5.67. The average molecular weight is 373 g/mol. The molecule has 3 rings (SSSR count). The number of hydrogen-bond acceptors (Lipinski definition) is 5. The number of ether oxygens (including phenoxy) is 2. The maximum Gasteiger partial charge on any atom is 0.161 e. The predicted octanol–water partition coefficient (Wildman–Crippen LogP) is 4.60. The normalized spacial score (nSPS) is 10.7. The SMILES string of the molecule is CCOc1cc(CNCc2ccco2)ccc1OCc1ccc(Cl)nc1. The number of nitrogens with one attached hydrogen (secondary N) is 1. The summed E-state index contributed by atoms with van der Waals surface area (Å²) < 4.78 is 16.9. The zero-order valence-corrected chi connectivity index (χ0v) is 15.3. The monoisotopic (exact) mass is 372 g/mol. The van der Waals surface area contributed by atoms with Crippen LogP contribution in [-0.2, 0) is 19.7 Å². The molecule has 0 saturated heterocycles. The Bertz CT molecular complexity index is 804. The van der Waals surface area contributed by atoms with Gasteiger partial charge in [0.15, 0.2) is 11.5 Å². The minimum Gasteiger partial charge on any atom is -0.490 e. The summed E-state index contributed by atoms with van der Waals surface area (Å²) in [5, 5.41) is 3.81. The Morgan fingerprint density at radius 1 is 1.04 bits per heavy atom. The van der Waals surface area contributed by atoms with Crippen molar-refractivity contribution < 1.29 is 13.9 Å². The minimum absolute atomic E-state index is 0.403. The van der Waals surface area contributed by atoms with Crippen LogP contribution < -0.4 is 14.8 Å². The van der Waals surface area contributed by atoms with Crippen molar-refractivity contribution >= 4 is 11.6 Å². The fraction of sp³-hybridized carbons (Fsp3) is 0.250. The van der Waals surface area contributed by atoms with Gasteiger partial charge in [-0.2, -0.15) is 0 Å². The Kier molecular flexibility index (Phi) is 6.52. The van der Waals surface area contributed by atoms with E-state index in [1.165, 1.54) is 0 Å². The van der Waals surface area contributed by atoms with E-state index in [1.807, 2.05) is 43.3 Å². The van der Waals surface area contributed by atoms with Gasteiger partial charge in [-0.15, -0.1) is 0 Å². The van der Waals surface area contributed by atoms with Crippen molar-refractivity contribution in [2.24, 2.45) is 0 Å². The molecule has 5 nitrogen and oxygen atoms in total. The molecule has 0 amide bonds. The van der Waals surface area contributed by atoms with Crippen LogP contribution in [0.25, 0.3) is 0 Å². The van der Waals surface area contributed by atoms with E-state index in [9.17, 15) is 0 Å². The van der Waals surface area contributed by atoms with Gasteiger partial charge in [-0.1, -0.05) is 23.7 Å². The summed E-state index contributed by atoms with van der Waals surface area (Å²) in [6, 6.07) is 13.4. The third-order valence-electron chi connectivity index (χ3n) is 3.70. The molecule has 0 spiro atoms. The molecule has 0 unspecified atom stereocenters. The van der Waals surface area contributed by atoms with E-state index in [-0.39, 0.29) is 0 Å². The molecule has 2 aromatic heterocycles. The van der Waals surface area contributed by atoms with Crippen LogP contribution in [0.2, 0.25) is 5.15 Å². The van der Waals surface area contributed by atoms with Gasteiger partial charge >= 0.3 is 0 Å². The molecule has 6 heteroatoms. The van der Waals surface area contributed by atoms with Gasteiger partial charge in [-0.3, -0.25) is 0 Å². The highest BCUT2D eigenvalue weighted by atomic mass is 35.5. The van der Waals surface area contributed by atoms with Gasteiger partial charge in [-0.05, 0) is 42.8 Å². The van der Waals surface area contributed by atoms with Crippen LogP contribution in [0.1, 0.15) is 23.8 Å². The maximum absolute atomic E-state index is 5.89. The van der Waals surface area contributed by atoms with E-state index < -0.39 is 0 Å². The van der Waals surface area contributed by atoms with Gasteiger partial charge in [0.1, 0.15) is 17.5 Å². The highest BCUT2D eigenvalue weighted by molar-refractivity contribution is 6.29. The molecule has 26 heavy (non-hydrogen) atoms. The molecule has 2 heterocycles. The summed E-state index contributed by atoms with van der Waals surface area (Å²) >= 11 is 5.80. The lowest BCUT2D eigenvalue weighted by molar-refractivity contribution is 0.268. The van der Waals surface area contributed by atoms with Crippen molar-refractivity contribution in [3.05, 3.63) is 77.0 Å². The van der Waals surface area contributed by atoms with Crippen LogP contribution in [0.4, 0.5) is 0 Å². The van der Waals surface area contributed by atoms with Crippen molar-refractivity contribution in [1.29, 1.82) is 0 Å². The molecule has 0 aliphatic rings. The molecule has 136 valence electrons. The molecule has 0 saturated carbocycles. The zero-order chi connectivity index (χ0) is 18.2. The van der Waals surface area contributed by atoms with Crippen LogP contribution in [-0.4, -0.2) is 11.6 Å². The van der Waals surface area contributed by atoms with Gasteiger partial charge in [-0.25, -0.2) is 4.98 Å². The van der Waals surface area contributed by atoms with Gasteiger partial charge < -0.3 is 19.2 Å². The Balaban J connectivity index is 1.60. The fourth-order valence-corrected chi connectivity index (χ4v) is 2.56. The molecule has 3 aromatic rings. The number of nitrogens with zero attached hydrogens (tertiary/aromatic N) is 1. The van der Waals surface area contributed by atoms with E-state index in [0.29, 0.717) is 37.2 Å². The summed E-state index contributed by atoms with van der Waals surface area (Å²) in [5.74, 6) is 2.34. The van der Waals surface area contributed by atoms with Gasteiger partial charge in [0.05, 0.1) is 19.4 Å². The lowest BCUT2D eigenvalue weighted by Crippen LogP contribution is -2.12. The molecule has 0 radical (unpaired) electrons. The van der Waals surface area contributed by atoms with Crippen LogP contribution >= 0.6 is 11.6 Å². The molecular weight excluding hydrogens is 352 g/mol. The largest absolute Gasteiger partial charge is 0.490 e. The van der Waals surface area contributed by atoms with E-state index in [1.54, 1.807) is 18.5 Å². The fourth-order valence-electron chi connectivity index (χ4n) is 2.45. The minimum atomic E-state index is 0.403. The molecule has 1 N–H and O–H groups in total. The lowest BCUT2D eigenvalue weighted by Gasteiger charge is -2.14. The number of pyridine rings is 1. The highest BCUT2D eigenvalue weighted by Crippen LogP contribution is 2.29. The first-order valence-electron chi connectivity index (χ1n) is 8.46. The molecule has 0 fully saturated rings. The van der Waals surface area contributed by atoms with Crippen molar-refractivity contribution in [2.45, 2.75) is 26.6 Å². The van der Waals surface area contributed by atoms with E-state index in [4.69, 9.17) is 25.5 Å². The van der Waals surface area contributed by atoms with Gasteiger partial charge in [0.25, 0.3) is 0 Å². The Morgan fingerprint density at radius 2 is 1.92 bits per heavy atom. The second-order valence-corrected chi connectivity index (χ2v) is 6.06. The molecule has 0 aliphatic carbocycles. The average Bonchev–Trinajstić information content (AvgIpc) is 3.16. The van der Waals surface area contributed by atoms with Crippen LogP contribution in [0.3, 0.4) is 0 Å². The number of halogens is 1. The molecule has 1 aromatic carbocycles. The Labute approximate surface area is 157 Å². The third-order valence-corrected chi connectivity index (χ3v) is 3.92. The smallest absolute Gasteiger partial charge is 0.161 e. The number of aromatic nitrogens is 1. The Hall–Kier alpha value is -2.50. The van der Waals surface area contributed by atoms with Crippen LogP contribution in [0.5, 0.6) is 11.5 Å². The predicted molar refractivity (Wildman–Crippen MR) is 100 cm³/mol. The van der Waals surface area contributed by atoms with E-state index >= 15 is 0 Å². The number of benzene rings is 1. The van der Waals surface area contributed by atoms with E-state index in [0.717, 1.165) is 22.6 Å². The third kappa shape index (κ3) is 5.25. The number of rotatable bonds is 9. The molecule has 0 atom stereocenters. The summed E-state index contributed by atoms with van der Waals surface area (Å²) in [7, 11) is 0. The summed E-state index contributed by atoms with van der Waals surface area (Å²) in [6.07, 6.45) is 3.38. The first kappa shape index (κ1) is 18.3. The lowest BCUT2D eigenvalue weighted by atomic mass is 10.2. The van der Waals surface area contributed by atoms with Crippen LogP contribution in [0, 0.1) is 0 Å². The van der Waals surface area contributed by atoms with E-state index in [2.05, 4.69) is 10.3 Å². The molecular formula is C20H21ClN2O3. The van der Waals surface area contributed by atoms with Crippen molar-refractivity contribution in [3.63, 3.8) is 0 Å². The number of furan rings is 1. The standard InChI is InChI=1S/C20H21ClN2O3/c1-2-24-19-10-15(11-22-13-17-4-3-9-25-17)5-7-18(19)26-14-16-6-8-20(21)23-12-16/h3-10,12,22H,2,11,13-14H2,1H3. The Morgan fingerprint density at radius 3 is 2.65 bits per heavy atom. The van der Waals surface area contributed by atoms with Crippen molar-refractivity contribution in [1.82, 2.24) is 10.3 Å². The molecule has 0 bridgehead atoms. The summed E-state index contributed by atoms with van der Waals surface area (Å²) in [6.45, 7) is 4.32. The quantitative estimate of drug-likeness (QED) is 0.556. The highest BCUT2D eigenvalue weighted by Gasteiger charge is 2.08. The second kappa shape index (κ2) is 9.27. The van der Waals surface area contributed by atoms with Crippen molar-refractivity contribution in [3.8, 4) is 11.5 Å². The zero-order valence-electron chi connectivity index (χ0n) is 14.6.